The van der Waals surface area contributed by atoms with E-state index >= 15 is 0 Å². The summed E-state index contributed by atoms with van der Waals surface area (Å²) in [7, 11) is 0. The largest absolute Gasteiger partial charge is 0.294 e. The molecule has 29 heavy (non-hydrogen) atoms. The number of amides is 1. The number of piperidine rings is 1. The topological polar surface area (TPSA) is 35.9 Å². The fourth-order valence-corrected chi connectivity index (χ4v) is 4.30. The zero-order valence-corrected chi connectivity index (χ0v) is 17.2. The van der Waals surface area contributed by atoms with Gasteiger partial charge in [-0.3, -0.25) is 9.69 Å². The van der Waals surface area contributed by atoms with Crippen LogP contribution in [0.2, 0.25) is 0 Å². The number of likely N-dealkylation sites (tertiary alicyclic amines) is 1. The first-order chi connectivity index (χ1) is 14.0. The van der Waals surface area contributed by atoms with E-state index in [1.165, 1.54) is 24.1 Å². The standard InChI is InChI=1S/C24H28FN3O/c1-17-6-7-18(2)21(14-17)23-15-22(19-8-10-20(25)11-9-19)26-28(23)24(29)16-27-12-4-3-5-13-27/h6-11,14,23H,3-5,12-13,15-16H2,1-2H3/t23-/m0/s1. The number of carbonyl (C=O) groups is 1. The van der Waals surface area contributed by atoms with Crippen LogP contribution in [-0.4, -0.2) is 41.2 Å². The number of nitrogens with zero attached hydrogens (tertiary/aromatic N) is 3. The van der Waals surface area contributed by atoms with E-state index in [4.69, 9.17) is 5.10 Å². The number of carbonyl (C=O) groups excluding carboxylic acids is 1. The van der Waals surface area contributed by atoms with Crippen LogP contribution in [0.15, 0.2) is 47.6 Å². The maximum Gasteiger partial charge on any atom is 0.257 e. The molecule has 0 radical (unpaired) electrons. The van der Waals surface area contributed by atoms with Crippen molar-refractivity contribution in [3.63, 3.8) is 0 Å². The lowest BCUT2D eigenvalue weighted by molar-refractivity contribution is -0.134. The van der Waals surface area contributed by atoms with E-state index in [0.29, 0.717) is 13.0 Å². The van der Waals surface area contributed by atoms with Gasteiger partial charge in [0.25, 0.3) is 5.91 Å². The quantitative estimate of drug-likeness (QED) is 0.761. The maximum atomic E-state index is 13.4. The Morgan fingerprint density at radius 1 is 1.07 bits per heavy atom. The van der Waals surface area contributed by atoms with E-state index in [0.717, 1.165) is 48.3 Å². The summed E-state index contributed by atoms with van der Waals surface area (Å²) in [6.07, 6.45) is 4.18. The predicted octanol–water partition coefficient (Wildman–Crippen LogP) is 4.61. The molecule has 5 heteroatoms. The Bertz CT molecular complexity index is 916. The van der Waals surface area contributed by atoms with Gasteiger partial charge in [-0.1, -0.05) is 42.3 Å². The molecular weight excluding hydrogens is 365 g/mol. The van der Waals surface area contributed by atoms with Gasteiger partial charge in [0.2, 0.25) is 0 Å². The molecule has 2 aromatic carbocycles. The molecule has 2 aliphatic rings. The van der Waals surface area contributed by atoms with Gasteiger partial charge in [-0.2, -0.15) is 5.10 Å². The second-order valence-corrected chi connectivity index (χ2v) is 8.21. The average Bonchev–Trinajstić information content (AvgIpc) is 3.16. The molecule has 2 heterocycles. The molecule has 0 bridgehead atoms. The van der Waals surface area contributed by atoms with E-state index < -0.39 is 0 Å². The SMILES string of the molecule is Cc1ccc(C)c([C@@H]2CC(c3ccc(F)cc3)=NN2C(=O)CN2CCCCC2)c1. The van der Waals surface area contributed by atoms with Crippen LogP contribution >= 0.6 is 0 Å². The lowest BCUT2D eigenvalue weighted by Crippen LogP contribution is -2.40. The Balaban J connectivity index is 1.64. The van der Waals surface area contributed by atoms with E-state index in [-0.39, 0.29) is 17.8 Å². The zero-order chi connectivity index (χ0) is 20.4. The predicted molar refractivity (Wildman–Crippen MR) is 113 cm³/mol. The molecule has 152 valence electrons. The lowest BCUT2D eigenvalue weighted by Gasteiger charge is -2.29. The highest BCUT2D eigenvalue weighted by atomic mass is 19.1. The summed E-state index contributed by atoms with van der Waals surface area (Å²) < 4.78 is 13.4. The highest BCUT2D eigenvalue weighted by Gasteiger charge is 2.34. The van der Waals surface area contributed by atoms with Crippen LogP contribution in [0.1, 0.15) is 54.0 Å². The van der Waals surface area contributed by atoms with Crippen molar-refractivity contribution in [1.29, 1.82) is 0 Å². The number of benzene rings is 2. The first kappa shape index (κ1) is 19.8. The summed E-state index contributed by atoms with van der Waals surface area (Å²) in [5.74, 6) is -0.230. The first-order valence-corrected chi connectivity index (χ1v) is 10.5. The van der Waals surface area contributed by atoms with Crippen LogP contribution in [0.3, 0.4) is 0 Å². The summed E-state index contributed by atoms with van der Waals surface area (Å²) in [6, 6.07) is 12.6. The normalized spacial score (nSPS) is 20.0. The van der Waals surface area contributed by atoms with Crippen LogP contribution in [0, 0.1) is 19.7 Å². The number of hydrogen-bond donors (Lipinski definition) is 0. The number of rotatable bonds is 4. The molecule has 0 aliphatic carbocycles. The fourth-order valence-electron chi connectivity index (χ4n) is 4.30. The van der Waals surface area contributed by atoms with Crippen LogP contribution < -0.4 is 0 Å². The minimum atomic E-state index is -0.267. The summed E-state index contributed by atoms with van der Waals surface area (Å²) in [5.41, 5.74) is 5.17. The number of halogens is 1. The van der Waals surface area contributed by atoms with Gasteiger partial charge in [0.15, 0.2) is 0 Å². The van der Waals surface area contributed by atoms with Crippen LogP contribution in [0.4, 0.5) is 4.39 Å². The van der Waals surface area contributed by atoms with Gasteiger partial charge in [-0.25, -0.2) is 9.40 Å². The molecule has 4 rings (SSSR count). The second kappa shape index (κ2) is 8.46. The lowest BCUT2D eigenvalue weighted by atomic mass is 9.94. The van der Waals surface area contributed by atoms with Crippen molar-refractivity contribution in [2.24, 2.45) is 5.10 Å². The van der Waals surface area contributed by atoms with Crippen molar-refractivity contribution < 1.29 is 9.18 Å². The Labute approximate surface area is 172 Å². The van der Waals surface area contributed by atoms with E-state index in [1.807, 2.05) is 0 Å². The number of aryl methyl sites for hydroxylation is 2. The number of hydrazone groups is 1. The second-order valence-electron chi connectivity index (χ2n) is 8.21. The molecule has 1 fully saturated rings. The molecule has 0 aromatic heterocycles. The highest BCUT2D eigenvalue weighted by Crippen LogP contribution is 2.35. The van der Waals surface area contributed by atoms with Gasteiger partial charge in [0.05, 0.1) is 18.3 Å². The Morgan fingerprint density at radius 3 is 2.52 bits per heavy atom. The third kappa shape index (κ3) is 4.40. The van der Waals surface area contributed by atoms with Crippen molar-refractivity contribution in [3.8, 4) is 0 Å². The smallest absolute Gasteiger partial charge is 0.257 e. The monoisotopic (exact) mass is 393 g/mol. The van der Waals surface area contributed by atoms with Crippen LogP contribution in [0.25, 0.3) is 0 Å². The maximum absolute atomic E-state index is 13.4. The summed E-state index contributed by atoms with van der Waals surface area (Å²) in [5, 5.41) is 6.41. The van der Waals surface area contributed by atoms with E-state index in [2.05, 4.69) is 36.9 Å². The van der Waals surface area contributed by atoms with Crippen LogP contribution in [-0.2, 0) is 4.79 Å². The Kier molecular flexibility index (Phi) is 5.76. The first-order valence-electron chi connectivity index (χ1n) is 10.5. The number of hydrogen-bond acceptors (Lipinski definition) is 3. The molecule has 0 unspecified atom stereocenters. The van der Waals surface area contributed by atoms with Gasteiger partial charge in [0.1, 0.15) is 5.82 Å². The van der Waals surface area contributed by atoms with Crippen molar-refractivity contribution in [2.75, 3.05) is 19.6 Å². The van der Waals surface area contributed by atoms with Gasteiger partial charge in [-0.05, 0) is 68.6 Å². The molecule has 1 atom stereocenters. The van der Waals surface area contributed by atoms with E-state index in [1.54, 1.807) is 17.1 Å². The molecule has 1 amide bonds. The van der Waals surface area contributed by atoms with Gasteiger partial charge in [0, 0.05) is 6.42 Å². The summed E-state index contributed by atoms with van der Waals surface area (Å²) in [6.45, 7) is 6.50. The van der Waals surface area contributed by atoms with Gasteiger partial charge in [-0.15, -0.1) is 0 Å². The highest BCUT2D eigenvalue weighted by molar-refractivity contribution is 6.03. The molecule has 2 aromatic rings. The van der Waals surface area contributed by atoms with Crippen molar-refractivity contribution >= 4 is 11.6 Å². The molecule has 4 nitrogen and oxygen atoms in total. The Hall–Kier alpha value is -2.53. The molecule has 1 saturated heterocycles. The third-order valence-electron chi connectivity index (χ3n) is 5.94. The summed E-state index contributed by atoms with van der Waals surface area (Å²) >= 11 is 0. The molecular formula is C24H28FN3O. The summed E-state index contributed by atoms with van der Waals surface area (Å²) in [4.78, 5) is 15.5. The minimum absolute atomic E-state index is 0.0370. The average molecular weight is 394 g/mol. The molecule has 0 saturated carbocycles. The van der Waals surface area contributed by atoms with Crippen molar-refractivity contribution in [1.82, 2.24) is 9.91 Å². The van der Waals surface area contributed by atoms with E-state index in [9.17, 15) is 9.18 Å². The molecule has 2 aliphatic heterocycles. The molecule has 0 N–H and O–H groups in total. The van der Waals surface area contributed by atoms with Crippen LogP contribution in [0.5, 0.6) is 0 Å². The third-order valence-corrected chi connectivity index (χ3v) is 5.94. The van der Waals surface area contributed by atoms with Gasteiger partial charge < -0.3 is 0 Å². The molecule has 0 spiro atoms. The zero-order valence-electron chi connectivity index (χ0n) is 17.2. The minimum Gasteiger partial charge on any atom is -0.294 e. The van der Waals surface area contributed by atoms with Crippen molar-refractivity contribution in [3.05, 3.63) is 70.5 Å². The Morgan fingerprint density at radius 2 is 1.79 bits per heavy atom. The van der Waals surface area contributed by atoms with Gasteiger partial charge >= 0.3 is 0 Å². The fraction of sp³-hybridized carbons (Fsp3) is 0.417. The van der Waals surface area contributed by atoms with Crippen molar-refractivity contribution in [2.45, 2.75) is 45.6 Å².